The maximum absolute atomic E-state index is 12.4. The third-order valence-electron chi connectivity index (χ3n) is 4.17. The zero-order chi connectivity index (χ0) is 14.3. The SMILES string of the molecule is O=C([O-])[C@H]1[C@H](C(=O)Nc2ccccc2Br)[C@H]2C=C[C@@H]1C2. The number of carboxylic acids is 1. The van der Waals surface area contributed by atoms with Gasteiger partial charge in [0.1, 0.15) is 0 Å². The van der Waals surface area contributed by atoms with Crippen LogP contribution in [0.4, 0.5) is 5.69 Å². The predicted molar refractivity (Wildman–Crippen MR) is 75.5 cm³/mol. The highest BCUT2D eigenvalue weighted by atomic mass is 79.9. The quantitative estimate of drug-likeness (QED) is 0.853. The van der Waals surface area contributed by atoms with Crippen LogP contribution in [0.3, 0.4) is 0 Å². The number of nitrogens with one attached hydrogen (secondary N) is 1. The summed E-state index contributed by atoms with van der Waals surface area (Å²) in [7, 11) is 0. The van der Waals surface area contributed by atoms with Crippen LogP contribution in [-0.2, 0) is 9.59 Å². The highest BCUT2D eigenvalue weighted by Crippen LogP contribution is 2.48. The zero-order valence-electron chi connectivity index (χ0n) is 10.6. The number of carboxylic acid groups (broad SMARTS) is 1. The van der Waals surface area contributed by atoms with Crippen molar-refractivity contribution >= 4 is 33.5 Å². The molecule has 104 valence electrons. The van der Waals surface area contributed by atoms with Crippen molar-refractivity contribution in [3.63, 3.8) is 0 Å². The van der Waals surface area contributed by atoms with Gasteiger partial charge in [0.15, 0.2) is 0 Å². The molecule has 1 aromatic carbocycles. The summed E-state index contributed by atoms with van der Waals surface area (Å²) in [6.07, 6.45) is 4.58. The number of fused-ring (bicyclic) bond motifs is 2. The van der Waals surface area contributed by atoms with Crippen LogP contribution < -0.4 is 10.4 Å². The van der Waals surface area contributed by atoms with Crippen LogP contribution in [0.25, 0.3) is 0 Å². The van der Waals surface area contributed by atoms with E-state index in [4.69, 9.17) is 0 Å². The number of hydrogen-bond donors (Lipinski definition) is 1. The first-order valence-electron chi connectivity index (χ1n) is 6.52. The normalized spacial score (nSPS) is 30.4. The maximum Gasteiger partial charge on any atom is 0.228 e. The molecule has 0 aromatic heterocycles. The Kier molecular flexibility index (Phi) is 3.38. The van der Waals surface area contributed by atoms with Crippen molar-refractivity contribution in [2.45, 2.75) is 6.42 Å². The van der Waals surface area contributed by atoms with E-state index in [-0.39, 0.29) is 17.7 Å². The van der Waals surface area contributed by atoms with Crippen LogP contribution in [0.2, 0.25) is 0 Å². The molecule has 4 atom stereocenters. The molecule has 1 saturated carbocycles. The number of halogens is 1. The first kappa shape index (κ1) is 13.4. The molecule has 2 aliphatic carbocycles. The Labute approximate surface area is 125 Å². The molecule has 1 aromatic rings. The molecule has 0 radical (unpaired) electrons. The van der Waals surface area contributed by atoms with Crippen molar-refractivity contribution in [3.05, 3.63) is 40.9 Å². The number of carbonyl (C=O) groups excluding carboxylic acids is 2. The summed E-state index contributed by atoms with van der Waals surface area (Å²) in [5.74, 6) is -2.70. The minimum absolute atomic E-state index is 0.00499. The summed E-state index contributed by atoms with van der Waals surface area (Å²) in [5, 5.41) is 14.1. The molecule has 0 heterocycles. The monoisotopic (exact) mass is 334 g/mol. The number of para-hydroxylation sites is 1. The number of rotatable bonds is 3. The molecule has 0 unspecified atom stereocenters. The maximum atomic E-state index is 12.4. The van der Waals surface area contributed by atoms with Gasteiger partial charge in [0.2, 0.25) is 5.91 Å². The molecule has 20 heavy (non-hydrogen) atoms. The Hall–Kier alpha value is -1.62. The fourth-order valence-electron chi connectivity index (χ4n) is 3.28. The van der Waals surface area contributed by atoms with Crippen molar-refractivity contribution in [2.24, 2.45) is 23.7 Å². The van der Waals surface area contributed by atoms with Gasteiger partial charge < -0.3 is 15.2 Å². The first-order valence-corrected chi connectivity index (χ1v) is 7.32. The Morgan fingerprint density at radius 2 is 1.80 bits per heavy atom. The molecule has 5 heteroatoms. The topological polar surface area (TPSA) is 69.2 Å². The van der Waals surface area contributed by atoms with Crippen molar-refractivity contribution < 1.29 is 14.7 Å². The van der Waals surface area contributed by atoms with Crippen molar-refractivity contribution in [3.8, 4) is 0 Å². The molecule has 2 bridgehead atoms. The fourth-order valence-corrected chi connectivity index (χ4v) is 3.66. The van der Waals surface area contributed by atoms with Crippen LogP contribution in [0.5, 0.6) is 0 Å². The van der Waals surface area contributed by atoms with E-state index >= 15 is 0 Å². The second-order valence-electron chi connectivity index (χ2n) is 5.29. The Balaban J connectivity index is 1.82. The number of allylic oxidation sites excluding steroid dienone is 2. The summed E-state index contributed by atoms with van der Waals surface area (Å²) in [6.45, 7) is 0. The van der Waals surface area contributed by atoms with Gasteiger partial charge >= 0.3 is 0 Å². The van der Waals surface area contributed by atoms with E-state index in [0.717, 1.165) is 10.9 Å². The number of aliphatic carboxylic acids is 1. The zero-order valence-corrected chi connectivity index (χ0v) is 12.2. The molecule has 0 spiro atoms. The van der Waals surface area contributed by atoms with Crippen LogP contribution >= 0.6 is 15.9 Å². The lowest BCUT2D eigenvalue weighted by Crippen LogP contribution is -2.42. The molecular weight excluding hydrogens is 322 g/mol. The lowest BCUT2D eigenvalue weighted by atomic mass is 9.82. The van der Waals surface area contributed by atoms with Crippen molar-refractivity contribution in [2.75, 3.05) is 5.32 Å². The van der Waals surface area contributed by atoms with E-state index in [1.807, 2.05) is 30.4 Å². The largest absolute Gasteiger partial charge is 0.550 e. The van der Waals surface area contributed by atoms with Gasteiger partial charge in [-0.15, -0.1) is 0 Å². The highest BCUT2D eigenvalue weighted by Gasteiger charge is 2.48. The lowest BCUT2D eigenvalue weighted by Gasteiger charge is -2.27. The van der Waals surface area contributed by atoms with Gasteiger partial charge in [0.05, 0.1) is 11.6 Å². The van der Waals surface area contributed by atoms with Gasteiger partial charge in [-0.05, 0) is 46.3 Å². The molecule has 3 rings (SSSR count). The third kappa shape index (κ3) is 2.16. The highest BCUT2D eigenvalue weighted by molar-refractivity contribution is 9.10. The molecule has 0 aliphatic heterocycles. The second-order valence-corrected chi connectivity index (χ2v) is 6.14. The van der Waals surface area contributed by atoms with Crippen LogP contribution in [0.15, 0.2) is 40.9 Å². The molecule has 1 N–H and O–H groups in total. The fraction of sp³-hybridized carbons (Fsp3) is 0.333. The first-order chi connectivity index (χ1) is 9.58. The summed E-state index contributed by atoms with van der Waals surface area (Å²) >= 11 is 3.36. The molecular formula is C15H13BrNO3-. The standard InChI is InChI=1S/C15H14BrNO3/c16-10-3-1-2-4-11(10)17-14(18)12-8-5-6-9(7-8)13(12)15(19)20/h1-6,8-9,12-13H,7H2,(H,17,18)(H,19,20)/p-1/t8-,9+,12+,13+/m0/s1. The van der Waals surface area contributed by atoms with Crippen LogP contribution in [-0.4, -0.2) is 11.9 Å². The summed E-state index contributed by atoms with van der Waals surface area (Å²) in [5.41, 5.74) is 0.654. The minimum atomic E-state index is -1.13. The van der Waals surface area contributed by atoms with Crippen molar-refractivity contribution in [1.29, 1.82) is 0 Å². The summed E-state index contributed by atoms with van der Waals surface area (Å²) in [4.78, 5) is 23.7. The van der Waals surface area contributed by atoms with Crippen LogP contribution in [0, 0.1) is 23.7 Å². The Bertz CT molecular complexity index is 599. The third-order valence-corrected chi connectivity index (χ3v) is 4.86. The van der Waals surface area contributed by atoms with Gasteiger partial charge in [-0.2, -0.15) is 0 Å². The molecule has 1 fully saturated rings. The number of benzene rings is 1. The van der Waals surface area contributed by atoms with E-state index in [0.29, 0.717) is 5.69 Å². The van der Waals surface area contributed by atoms with Gasteiger partial charge in [-0.1, -0.05) is 24.3 Å². The number of hydrogen-bond acceptors (Lipinski definition) is 3. The van der Waals surface area contributed by atoms with Gasteiger partial charge in [-0.3, -0.25) is 4.79 Å². The smallest absolute Gasteiger partial charge is 0.228 e. The summed E-state index contributed by atoms with van der Waals surface area (Å²) in [6, 6.07) is 7.27. The number of amides is 1. The average molecular weight is 335 g/mol. The van der Waals surface area contributed by atoms with Crippen LogP contribution in [0.1, 0.15) is 6.42 Å². The number of anilines is 1. The van der Waals surface area contributed by atoms with E-state index in [1.165, 1.54) is 0 Å². The summed E-state index contributed by atoms with van der Waals surface area (Å²) < 4.78 is 0.775. The van der Waals surface area contributed by atoms with E-state index in [2.05, 4.69) is 21.2 Å². The van der Waals surface area contributed by atoms with Gasteiger partial charge in [0.25, 0.3) is 0 Å². The molecule has 2 aliphatic rings. The van der Waals surface area contributed by atoms with E-state index < -0.39 is 17.8 Å². The molecule has 1 amide bonds. The lowest BCUT2D eigenvalue weighted by molar-refractivity contribution is -0.313. The van der Waals surface area contributed by atoms with E-state index in [1.54, 1.807) is 6.07 Å². The second kappa shape index (κ2) is 5.05. The van der Waals surface area contributed by atoms with Crippen molar-refractivity contribution in [1.82, 2.24) is 0 Å². The Morgan fingerprint density at radius 1 is 1.15 bits per heavy atom. The Morgan fingerprint density at radius 3 is 2.45 bits per heavy atom. The number of carbonyl (C=O) groups is 2. The predicted octanol–water partition coefficient (Wildman–Crippen LogP) is 1.58. The van der Waals surface area contributed by atoms with Gasteiger partial charge in [-0.25, -0.2) is 0 Å². The molecule has 4 nitrogen and oxygen atoms in total. The minimum Gasteiger partial charge on any atom is -0.550 e. The average Bonchev–Trinajstić information content (AvgIpc) is 3.01. The molecule has 0 saturated heterocycles. The van der Waals surface area contributed by atoms with Gasteiger partial charge in [0, 0.05) is 16.4 Å². The van der Waals surface area contributed by atoms with E-state index in [9.17, 15) is 14.7 Å².